The van der Waals surface area contributed by atoms with Gasteiger partial charge in [-0.3, -0.25) is 0 Å². The highest BCUT2D eigenvalue weighted by Gasteiger charge is 2.07. The molecule has 23 heavy (non-hydrogen) atoms. The molecule has 0 aliphatic rings. The van der Waals surface area contributed by atoms with Gasteiger partial charge in [0.05, 0.1) is 6.54 Å². The number of para-hydroxylation sites is 1. The average Bonchev–Trinajstić information content (AvgIpc) is 2.54. The van der Waals surface area contributed by atoms with Gasteiger partial charge in [-0.25, -0.2) is 4.79 Å². The minimum atomic E-state index is -0.270. The Hall–Kier alpha value is -2.20. The van der Waals surface area contributed by atoms with E-state index in [0.29, 0.717) is 29.8 Å². The molecule has 0 aliphatic heterocycles. The molecular weight excluding hydrogens is 312 g/mol. The van der Waals surface area contributed by atoms with E-state index in [0.717, 1.165) is 11.3 Å². The average molecular weight is 333 g/mol. The third kappa shape index (κ3) is 5.49. The first-order valence-electron chi connectivity index (χ1n) is 7.58. The lowest BCUT2D eigenvalue weighted by molar-refractivity contribution is 0.247. The second-order valence-electron chi connectivity index (χ2n) is 5.43. The second kappa shape index (κ2) is 8.44. The predicted octanol–water partition coefficient (Wildman–Crippen LogP) is 4.66. The summed E-state index contributed by atoms with van der Waals surface area (Å²) in [7, 11) is 0. The molecule has 2 amide bonds. The number of nitrogens with one attached hydrogen (secondary N) is 2. The fourth-order valence-electron chi connectivity index (χ4n) is 2.12. The largest absolute Gasteiger partial charge is 0.491 e. The molecular formula is C18H21ClN2O2. The topological polar surface area (TPSA) is 50.4 Å². The Labute approximate surface area is 141 Å². The van der Waals surface area contributed by atoms with Gasteiger partial charge in [-0.1, -0.05) is 43.6 Å². The maximum atomic E-state index is 11.8. The zero-order chi connectivity index (χ0) is 16.7. The predicted molar refractivity (Wildman–Crippen MR) is 94.5 cm³/mol. The summed E-state index contributed by atoms with van der Waals surface area (Å²) in [6.45, 7) is 5.09. The highest BCUT2D eigenvalue weighted by Crippen LogP contribution is 2.25. The summed E-state index contributed by atoms with van der Waals surface area (Å²) in [6.07, 6.45) is 0. The van der Waals surface area contributed by atoms with Crippen LogP contribution in [-0.2, 0) is 0 Å². The standard InChI is InChI=1S/C18H21ClN2O2/c1-13(2)16-5-3-4-6-17(16)23-12-11-20-18(22)21-15-9-7-14(19)8-10-15/h3-10,13H,11-12H2,1-2H3,(H2,20,21,22). The number of halogens is 1. The molecule has 5 heteroatoms. The SMILES string of the molecule is CC(C)c1ccccc1OCCNC(=O)Nc1ccc(Cl)cc1. The van der Waals surface area contributed by atoms with Crippen LogP contribution in [0.15, 0.2) is 48.5 Å². The first-order chi connectivity index (χ1) is 11.1. The molecule has 0 saturated carbocycles. The number of urea groups is 1. The monoisotopic (exact) mass is 332 g/mol. The highest BCUT2D eigenvalue weighted by molar-refractivity contribution is 6.30. The van der Waals surface area contributed by atoms with E-state index in [9.17, 15) is 4.79 Å². The summed E-state index contributed by atoms with van der Waals surface area (Å²) in [5, 5.41) is 6.12. The maximum Gasteiger partial charge on any atom is 0.319 e. The molecule has 0 atom stereocenters. The molecule has 2 rings (SSSR count). The van der Waals surface area contributed by atoms with Gasteiger partial charge in [0, 0.05) is 10.7 Å². The van der Waals surface area contributed by atoms with Gasteiger partial charge >= 0.3 is 6.03 Å². The van der Waals surface area contributed by atoms with E-state index >= 15 is 0 Å². The van der Waals surface area contributed by atoms with Crippen LogP contribution in [0.2, 0.25) is 5.02 Å². The summed E-state index contributed by atoms with van der Waals surface area (Å²) in [5.41, 5.74) is 1.86. The molecule has 4 nitrogen and oxygen atoms in total. The van der Waals surface area contributed by atoms with Crippen molar-refractivity contribution in [3.05, 3.63) is 59.1 Å². The first kappa shape index (κ1) is 17.2. The molecule has 0 aliphatic carbocycles. The molecule has 2 N–H and O–H groups in total. The first-order valence-corrected chi connectivity index (χ1v) is 7.96. The van der Waals surface area contributed by atoms with Crippen molar-refractivity contribution in [3.63, 3.8) is 0 Å². The van der Waals surface area contributed by atoms with Crippen molar-refractivity contribution < 1.29 is 9.53 Å². The van der Waals surface area contributed by atoms with E-state index in [1.807, 2.05) is 18.2 Å². The van der Waals surface area contributed by atoms with Crippen LogP contribution in [0.5, 0.6) is 5.75 Å². The zero-order valence-corrected chi connectivity index (χ0v) is 14.1. The van der Waals surface area contributed by atoms with E-state index in [1.54, 1.807) is 24.3 Å². The van der Waals surface area contributed by atoms with Crippen LogP contribution in [-0.4, -0.2) is 19.2 Å². The molecule has 0 radical (unpaired) electrons. The number of hydrogen-bond donors (Lipinski definition) is 2. The quantitative estimate of drug-likeness (QED) is 0.755. The van der Waals surface area contributed by atoms with Crippen molar-refractivity contribution in [2.45, 2.75) is 19.8 Å². The molecule has 2 aromatic carbocycles. The van der Waals surface area contributed by atoms with Gasteiger partial charge in [-0.15, -0.1) is 0 Å². The van der Waals surface area contributed by atoms with Gasteiger partial charge in [0.25, 0.3) is 0 Å². The van der Waals surface area contributed by atoms with Crippen molar-refractivity contribution in [2.24, 2.45) is 0 Å². The van der Waals surface area contributed by atoms with Crippen molar-refractivity contribution in [2.75, 3.05) is 18.5 Å². The second-order valence-corrected chi connectivity index (χ2v) is 5.87. The summed E-state index contributed by atoms with van der Waals surface area (Å²) >= 11 is 5.80. The van der Waals surface area contributed by atoms with Crippen molar-refractivity contribution in [1.29, 1.82) is 0 Å². The van der Waals surface area contributed by atoms with Gasteiger partial charge in [0.15, 0.2) is 0 Å². The number of rotatable bonds is 6. The lowest BCUT2D eigenvalue weighted by atomic mass is 10.0. The van der Waals surface area contributed by atoms with Crippen LogP contribution in [0.4, 0.5) is 10.5 Å². The number of ether oxygens (including phenoxy) is 1. The Morgan fingerprint density at radius 3 is 2.52 bits per heavy atom. The number of anilines is 1. The molecule has 0 spiro atoms. The lowest BCUT2D eigenvalue weighted by Gasteiger charge is -2.14. The molecule has 0 heterocycles. The van der Waals surface area contributed by atoms with Gasteiger partial charge in [-0.2, -0.15) is 0 Å². The van der Waals surface area contributed by atoms with Gasteiger partial charge in [0.2, 0.25) is 0 Å². The Morgan fingerprint density at radius 2 is 1.83 bits per heavy atom. The molecule has 0 fully saturated rings. The number of carbonyl (C=O) groups is 1. The Bertz CT molecular complexity index is 642. The van der Waals surface area contributed by atoms with Gasteiger partial charge in [-0.05, 0) is 41.8 Å². The Balaban J connectivity index is 1.75. The number of amides is 2. The summed E-state index contributed by atoms with van der Waals surface area (Å²) in [5.74, 6) is 1.26. The van der Waals surface area contributed by atoms with E-state index < -0.39 is 0 Å². The van der Waals surface area contributed by atoms with Gasteiger partial charge < -0.3 is 15.4 Å². The minimum absolute atomic E-state index is 0.270. The molecule has 0 bridgehead atoms. The Morgan fingerprint density at radius 1 is 1.13 bits per heavy atom. The molecule has 0 saturated heterocycles. The van der Waals surface area contributed by atoms with Gasteiger partial charge in [0.1, 0.15) is 12.4 Å². The lowest BCUT2D eigenvalue weighted by Crippen LogP contribution is -2.32. The van der Waals surface area contributed by atoms with E-state index in [-0.39, 0.29) is 6.03 Å². The van der Waals surface area contributed by atoms with Crippen LogP contribution in [0, 0.1) is 0 Å². The summed E-state index contributed by atoms with van der Waals surface area (Å²) in [4.78, 5) is 11.8. The number of benzene rings is 2. The summed E-state index contributed by atoms with van der Waals surface area (Å²) in [6, 6.07) is 14.6. The van der Waals surface area contributed by atoms with Crippen LogP contribution in [0.3, 0.4) is 0 Å². The third-order valence-corrected chi connectivity index (χ3v) is 3.54. The van der Waals surface area contributed by atoms with Crippen molar-refractivity contribution >= 4 is 23.3 Å². The summed E-state index contributed by atoms with van der Waals surface area (Å²) < 4.78 is 5.75. The van der Waals surface area contributed by atoms with E-state index in [1.165, 1.54) is 0 Å². The smallest absolute Gasteiger partial charge is 0.319 e. The van der Waals surface area contributed by atoms with Crippen LogP contribution in [0.1, 0.15) is 25.3 Å². The Kier molecular flexibility index (Phi) is 6.29. The zero-order valence-electron chi connectivity index (χ0n) is 13.3. The van der Waals surface area contributed by atoms with Crippen LogP contribution >= 0.6 is 11.6 Å². The number of carbonyl (C=O) groups excluding carboxylic acids is 1. The molecule has 2 aromatic rings. The molecule has 0 aromatic heterocycles. The fraction of sp³-hybridized carbons (Fsp3) is 0.278. The van der Waals surface area contributed by atoms with Crippen LogP contribution < -0.4 is 15.4 Å². The van der Waals surface area contributed by atoms with Crippen molar-refractivity contribution in [1.82, 2.24) is 5.32 Å². The van der Waals surface area contributed by atoms with Crippen LogP contribution in [0.25, 0.3) is 0 Å². The highest BCUT2D eigenvalue weighted by atomic mass is 35.5. The van der Waals surface area contributed by atoms with Crippen molar-refractivity contribution in [3.8, 4) is 5.75 Å². The van der Waals surface area contributed by atoms with E-state index in [2.05, 4.69) is 30.5 Å². The minimum Gasteiger partial charge on any atom is -0.491 e. The number of hydrogen-bond acceptors (Lipinski definition) is 2. The normalized spacial score (nSPS) is 10.4. The maximum absolute atomic E-state index is 11.8. The fourth-order valence-corrected chi connectivity index (χ4v) is 2.25. The third-order valence-electron chi connectivity index (χ3n) is 3.29. The van der Waals surface area contributed by atoms with E-state index in [4.69, 9.17) is 16.3 Å². The molecule has 0 unspecified atom stereocenters. The molecule has 122 valence electrons.